The van der Waals surface area contributed by atoms with Crippen LogP contribution in [0.2, 0.25) is 0 Å². The third-order valence-electron chi connectivity index (χ3n) is 4.91. The number of nitrogens with two attached hydrogens (primary N) is 1. The molecule has 0 aliphatic carbocycles. The molecule has 0 atom stereocenters. The Balaban J connectivity index is 1.54. The number of anilines is 2. The van der Waals surface area contributed by atoms with Crippen LogP contribution in [0.4, 0.5) is 24.7 Å². The van der Waals surface area contributed by atoms with E-state index in [-0.39, 0.29) is 11.8 Å². The van der Waals surface area contributed by atoms with E-state index in [1.165, 1.54) is 30.6 Å². The van der Waals surface area contributed by atoms with E-state index in [1.54, 1.807) is 4.52 Å². The van der Waals surface area contributed by atoms with E-state index >= 15 is 0 Å². The van der Waals surface area contributed by atoms with Gasteiger partial charge in [0.25, 0.3) is 0 Å². The van der Waals surface area contributed by atoms with E-state index < -0.39 is 6.36 Å². The maximum Gasteiger partial charge on any atom is 0.573 e. The minimum atomic E-state index is -4.72. The van der Waals surface area contributed by atoms with Gasteiger partial charge in [0.1, 0.15) is 17.6 Å². The molecule has 29 heavy (non-hydrogen) atoms. The lowest BCUT2D eigenvalue weighted by Crippen LogP contribution is -2.39. The van der Waals surface area contributed by atoms with E-state index in [1.807, 2.05) is 12.3 Å². The van der Waals surface area contributed by atoms with Crippen molar-refractivity contribution in [2.24, 2.45) is 5.73 Å². The van der Waals surface area contributed by atoms with Gasteiger partial charge in [0.2, 0.25) is 0 Å². The first-order valence-electron chi connectivity index (χ1n) is 9.29. The molecule has 2 aromatic heterocycles. The van der Waals surface area contributed by atoms with Crippen molar-refractivity contribution < 1.29 is 17.9 Å². The Hall–Kier alpha value is -2.85. The Morgan fingerprint density at radius 1 is 1.14 bits per heavy atom. The molecule has 10 heteroatoms. The molecule has 0 bridgehead atoms. The number of hydrogen-bond donors (Lipinski definition) is 2. The van der Waals surface area contributed by atoms with Crippen molar-refractivity contribution in [1.29, 1.82) is 0 Å². The summed E-state index contributed by atoms with van der Waals surface area (Å²) in [6.07, 6.45) is 0.528. The number of nitrogens with zero attached hydrogens (tertiary/aromatic N) is 4. The molecule has 1 saturated heterocycles. The van der Waals surface area contributed by atoms with Gasteiger partial charge in [0.05, 0.1) is 0 Å². The molecule has 0 radical (unpaired) electrons. The number of alkyl halides is 3. The van der Waals surface area contributed by atoms with Crippen LogP contribution in [0.25, 0.3) is 5.52 Å². The highest BCUT2D eigenvalue weighted by Crippen LogP contribution is 2.27. The van der Waals surface area contributed by atoms with Gasteiger partial charge >= 0.3 is 6.36 Å². The second-order valence-electron chi connectivity index (χ2n) is 7.05. The van der Waals surface area contributed by atoms with Crippen LogP contribution in [0, 0.1) is 0 Å². The van der Waals surface area contributed by atoms with E-state index in [4.69, 9.17) is 5.73 Å². The van der Waals surface area contributed by atoms with Crippen molar-refractivity contribution in [2.75, 3.05) is 18.4 Å². The average Bonchev–Trinajstić information content (AvgIpc) is 3.08. The summed E-state index contributed by atoms with van der Waals surface area (Å²) in [5.41, 5.74) is 8.48. The zero-order valence-electron chi connectivity index (χ0n) is 15.6. The molecule has 7 nitrogen and oxygen atoms in total. The van der Waals surface area contributed by atoms with E-state index in [0.717, 1.165) is 43.6 Å². The molecule has 1 fully saturated rings. The topological polar surface area (TPSA) is 80.7 Å². The van der Waals surface area contributed by atoms with Crippen molar-refractivity contribution in [2.45, 2.75) is 31.8 Å². The summed E-state index contributed by atoms with van der Waals surface area (Å²) in [5, 5.41) is 7.41. The van der Waals surface area contributed by atoms with Gasteiger partial charge in [-0.3, -0.25) is 4.90 Å². The molecule has 3 aromatic rings. The molecule has 3 N–H and O–H groups in total. The van der Waals surface area contributed by atoms with E-state index in [9.17, 15) is 13.2 Å². The number of aromatic nitrogens is 3. The number of fused-ring (bicyclic) bond motifs is 1. The maximum absolute atomic E-state index is 12.3. The predicted molar refractivity (Wildman–Crippen MR) is 102 cm³/mol. The minimum absolute atomic E-state index is 0.266. The Morgan fingerprint density at radius 2 is 1.86 bits per heavy atom. The Labute approximate surface area is 165 Å². The standard InChI is InChI=1S/C19H21F3N6O/c20-19(21,22)29-16-3-1-15(2-4-16)26-18-17-13(5-10-28(17)25-12-24-18)11-27-8-6-14(23)7-9-27/h1-5,10,12,14H,6-9,11,23H2,(H,24,25,26). The first kappa shape index (κ1) is 19.5. The van der Waals surface area contributed by atoms with Crippen LogP contribution >= 0.6 is 0 Å². The second kappa shape index (κ2) is 7.88. The van der Waals surface area contributed by atoms with Gasteiger partial charge in [-0.25, -0.2) is 9.50 Å². The second-order valence-corrected chi connectivity index (χ2v) is 7.05. The summed E-state index contributed by atoms with van der Waals surface area (Å²) in [7, 11) is 0. The Bertz CT molecular complexity index is 964. The zero-order valence-corrected chi connectivity index (χ0v) is 15.6. The fraction of sp³-hybridized carbons (Fsp3) is 0.368. The maximum atomic E-state index is 12.3. The smallest absolute Gasteiger partial charge is 0.406 e. The molecule has 1 aliphatic rings. The molecule has 0 amide bonds. The Kier molecular flexibility index (Phi) is 5.29. The summed E-state index contributed by atoms with van der Waals surface area (Å²) in [6, 6.07) is 7.79. The number of piperidine rings is 1. The molecule has 1 aromatic carbocycles. The number of halogens is 3. The van der Waals surface area contributed by atoms with Gasteiger partial charge in [-0.05, 0) is 61.8 Å². The quantitative estimate of drug-likeness (QED) is 0.677. The SMILES string of the molecule is NC1CCN(Cc2ccn3ncnc(Nc4ccc(OC(F)(F)F)cc4)c23)CC1. The first-order valence-corrected chi connectivity index (χ1v) is 9.29. The molecule has 1 aliphatic heterocycles. The van der Waals surface area contributed by atoms with Crippen molar-refractivity contribution in [3.8, 4) is 5.75 Å². The van der Waals surface area contributed by atoms with Gasteiger partial charge in [-0.1, -0.05) is 0 Å². The molecule has 0 unspecified atom stereocenters. The molecule has 0 spiro atoms. The van der Waals surface area contributed by atoms with Gasteiger partial charge in [0, 0.05) is 24.5 Å². The third kappa shape index (κ3) is 4.77. The van der Waals surface area contributed by atoms with Gasteiger partial charge in [-0.15, -0.1) is 13.2 Å². The van der Waals surface area contributed by atoms with Crippen LogP contribution in [0.15, 0.2) is 42.9 Å². The lowest BCUT2D eigenvalue weighted by molar-refractivity contribution is -0.274. The monoisotopic (exact) mass is 406 g/mol. The number of benzene rings is 1. The molecule has 4 rings (SSSR count). The lowest BCUT2D eigenvalue weighted by Gasteiger charge is -2.29. The largest absolute Gasteiger partial charge is 0.573 e. The van der Waals surface area contributed by atoms with Crippen molar-refractivity contribution >= 4 is 17.0 Å². The van der Waals surface area contributed by atoms with Crippen LogP contribution < -0.4 is 15.8 Å². The number of nitrogens with one attached hydrogen (secondary N) is 1. The van der Waals surface area contributed by atoms with Crippen molar-refractivity contribution in [3.05, 3.63) is 48.4 Å². The van der Waals surface area contributed by atoms with Crippen molar-refractivity contribution in [1.82, 2.24) is 19.5 Å². The summed E-state index contributed by atoms with van der Waals surface area (Å²) in [5.74, 6) is 0.306. The summed E-state index contributed by atoms with van der Waals surface area (Å²) < 4.78 is 42.6. The van der Waals surface area contributed by atoms with Crippen molar-refractivity contribution in [3.63, 3.8) is 0 Å². The summed E-state index contributed by atoms with van der Waals surface area (Å²) in [6.45, 7) is 2.63. The lowest BCUT2D eigenvalue weighted by atomic mass is 10.1. The fourth-order valence-electron chi connectivity index (χ4n) is 3.47. The number of likely N-dealkylation sites (tertiary alicyclic amines) is 1. The zero-order chi connectivity index (χ0) is 20.4. The van der Waals surface area contributed by atoms with Crippen LogP contribution in [0.3, 0.4) is 0 Å². The fourth-order valence-corrected chi connectivity index (χ4v) is 3.47. The molecule has 154 valence electrons. The summed E-state index contributed by atoms with van der Waals surface area (Å²) in [4.78, 5) is 6.68. The van der Waals surface area contributed by atoms with Crippen LogP contribution in [-0.2, 0) is 6.54 Å². The van der Waals surface area contributed by atoms with Crippen LogP contribution in [0.5, 0.6) is 5.75 Å². The highest BCUT2D eigenvalue weighted by atomic mass is 19.4. The molecular weight excluding hydrogens is 385 g/mol. The molecule has 0 saturated carbocycles. The predicted octanol–water partition coefficient (Wildman–Crippen LogP) is 3.29. The average molecular weight is 406 g/mol. The van der Waals surface area contributed by atoms with Gasteiger partial charge in [-0.2, -0.15) is 5.10 Å². The van der Waals surface area contributed by atoms with E-state index in [2.05, 4.69) is 25.0 Å². The minimum Gasteiger partial charge on any atom is -0.406 e. The van der Waals surface area contributed by atoms with Gasteiger partial charge in [0.15, 0.2) is 5.82 Å². The summed E-state index contributed by atoms with van der Waals surface area (Å²) >= 11 is 0. The Morgan fingerprint density at radius 3 is 2.55 bits per heavy atom. The van der Waals surface area contributed by atoms with Crippen LogP contribution in [-0.4, -0.2) is 45.0 Å². The third-order valence-corrected chi connectivity index (χ3v) is 4.91. The number of rotatable bonds is 5. The normalized spacial score (nSPS) is 16.3. The van der Waals surface area contributed by atoms with Gasteiger partial charge < -0.3 is 15.8 Å². The highest BCUT2D eigenvalue weighted by Gasteiger charge is 2.31. The van der Waals surface area contributed by atoms with E-state index in [0.29, 0.717) is 11.5 Å². The molecular formula is C19H21F3N6O. The first-order chi connectivity index (χ1) is 13.9. The van der Waals surface area contributed by atoms with Crippen LogP contribution in [0.1, 0.15) is 18.4 Å². The number of hydrogen-bond acceptors (Lipinski definition) is 6. The molecule has 3 heterocycles. The number of ether oxygens (including phenoxy) is 1. The highest BCUT2D eigenvalue weighted by molar-refractivity contribution is 5.76.